The molecule has 1 heterocycles. The van der Waals surface area contributed by atoms with E-state index in [1.807, 2.05) is 18.2 Å². The van der Waals surface area contributed by atoms with Crippen molar-refractivity contribution in [2.45, 2.75) is 12.5 Å². The highest BCUT2D eigenvalue weighted by Gasteiger charge is 2.16. The second kappa shape index (κ2) is 4.91. The molecule has 1 fully saturated rings. The summed E-state index contributed by atoms with van der Waals surface area (Å²) in [5.74, 6) is 0.986. The Bertz CT molecular complexity index is 247. The molecule has 1 saturated heterocycles. The minimum Gasteiger partial charge on any atom is -0.219 e. The normalized spacial score (nSPS) is 22.9. The van der Waals surface area contributed by atoms with E-state index in [-0.39, 0.29) is 6.10 Å². The van der Waals surface area contributed by atoms with Crippen LogP contribution in [0.1, 0.15) is 5.56 Å². The molecule has 2 rings (SSSR count). The van der Waals surface area contributed by atoms with E-state index in [1.165, 1.54) is 16.6 Å². The van der Waals surface area contributed by atoms with Crippen LogP contribution in [0.25, 0.3) is 0 Å². The highest BCUT2D eigenvalue weighted by Crippen LogP contribution is 2.30. The lowest BCUT2D eigenvalue weighted by atomic mass is 10.1. The van der Waals surface area contributed by atoms with Crippen molar-refractivity contribution in [1.82, 2.24) is 0 Å². The van der Waals surface area contributed by atoms with Gasteiger partial charge >= 0.3 is 0 Å². The fraction of sp³-hybridized carbons (Fsp3) is 0.333. The second-order valence-electron chi connectivity index (χ2n) is 2.83. The van der Waals surface area contributed by atoms with Gasteiger partial charge in [-0.25, -0.2) is 4.89 Å². The van der Waals surface area contributed by atoms with Crippen LogP contribution in [0.15, 0.2) is 30.3 Å². The van der Waals surface area contributed by atoms with Crippen molar-refractivity contribution in [2.24, 2.45) is 0 Å². The molecule has 1 aromatic carbocycles. The molecular weight excluding hydrogens is 204 g/mol. The molecule has 70 valence electrons. The number of rotatable bonds is 2. The molecule has 0 N–H and O–H groups in total. The van der Waals surface area contributed by atoms with Crippen LogP contribution in [0.4, 0.5) is 0 Å². The Labute approximate surface area is 85.5 Å². The Morgan fingerprint density at radius 2 is 2.15 bits per heavy atom. The maximum atomic E-state index is 5.12. The number of hydrogen-bond acceptors (Lipinski definition) is 4. The smallest absolute Gasteiger partial charge is 0.108 e. The summed E-state index contributed by atoms with van der Waals surface area (Å²) in [7, 11) is 1.69. The third-order valence-electron chi connectivity index (χ3n) is 1.81. The monoisotopic (exact) mass is 214 g/mol. The quantitative estimate of drug-likeness (QED) is 0.428. The van der Waals surface area contributed by atoms with E-state index in [2.05, 4.69) is 12.1 Å². The zero-order valence-electron chi connectivity index (χ0n) is 7.01. The molecule has 1 aliphatic heterocycles. The molecule has 13 heavy (non-hydrogen) atoms. The van der Waals surface area contributed by atoms with Crippen molar-refractivity contribution in [3.8, 4) is 0 Å². The average Bonchev–Trinajstić information content (AvgIpc) is 2.21. The minimum absolute atomic E-state index is 0.189. The number of hydrogen-bond donors (Lipinski definition) is 0. The van der Waals surface area contributed by atoms with Crippen molar-refractivity contribution >= 4 is 21.9 Å². The maximum Gasteiger partial charge on any atom is 0.108 e. The first-order valence-corrected chi connectivity index (χ1v) is 6.35. The van der Waals surface area contributed by atoms with E-state index in [0.29, 0.717) is 0 Å². The zero-order chi connectivity index (χ0) is 8.93. The van der Waals surface area contributed by atoms with E-state index < -0.39 is 0 Å². The van der Waals surface area contributed by atoms with E-state index in [9.17, 15) is 0 Å². The van der Waals surface area contributed by atoms with Gasteiger partial charge in [0.05, 0.1) is 0 Å². The minimum atomic E-state index is 0.189. The van der Waals surface area contributed by atoms with Crippen LogP contribution in [0.5, 0.6) is 0 Å². The van der Waals surface area contributed by atoms with Gasteiger partial charge in [-0.3, -0.25) is 0 Å². The maximum absolute atomic E-state index is 5.12. The van der Waals surface area contributed by atoms with Gasteiger partial charge in [-0.2, -0.15) is 4.33 Å². The summed E-state index contributed by atoms with van der Waals surface area (Å²) >= 11 is 1.30. The Hall–Kier alpha value is -0.160. The molecule has 0 amide bonds. The summed E-state index contributed by atoms with van der Waals surface area (Å²) in [4.78, 5) is 5.12. The molecule has 1 unspecified atom stereocenters. The molecule has 0 aliphatic carbocycles. The fourth-order valence-corrected chi connectivity index (χ4v) is 2.59. The van der Waals surface area contributed by atoms with Gasteiger partial charge in [-0.05, 0) is 5.56 Å². The van der Waals surface area contributed by atoms with Gasteiger partial charge < -0.3 is 0 Å². The molecule has 2 nitrogen and oxygen atoms in total. The van der Waals surface area contributed by atoms with Crippen molar-refractivity contribution in [2.75, 3.05) is 5.75 Å². The van der Waals surface area contributed by atoms with E-state index in [0.717, 1.165) is 12.2 Å². The fourth-order valence-electron chi connectivity index (χ4n) is 1.19. The summed E-state index contributed by atoms with van der Waals surface area (Å²) in [6.07, 6.45) is 1.11. The molecule has 1 aromatic rings. The van der Waals surface area contributed by atoms with Gasteiger partial charge in [-0.1, -0.05) is 41.1 Å². The summed E-state index contributed by atoms with van der Waals surface area (Å²) < 4.78 is 4.83. The molecule has 0 bridgehead atoms. The molecule has 0 saturated carbocycles. The van der Waals surface area contributed by atoms with Gasteiger partial charge in [0.1, 0.15) is 17.2 Å². The molecule has 1 aliphatic rings. The van der Waals surface area contributed by atoms with Crippen LogP contribution < -0.4 is 0 Å². The van der Waals surface area contributed by atoms with Gasteiger partial charge in [-0.15, -0.1) is 0 Å². The van der Waals surface area contributed by atoms with E-state index in [1.54, 1.807) is 10.8 Å². The van der Waals surface area contributed by atoms with Gasteiger partial charge in [0, 0.05) is 12.2 Å². The standard InChI is InChI=1S/C9H10O2S2/c1-2-4-8(5-3-1)6-9-7-12-13-11-10-9/h1-5,9H,6-7H2. The Morgan fingerprint density at radius 3 is 2.85 bits per heavy atom. The predicted molar refractivity (Wildman–Crippen MR) is 56.2 cm³/mol. The van der Waals surface area contributed by atoms with Gasteiger partial charge in [0.2, 0.25) is 0 Å². The summed E-state index contributed by atoms with van der Waals surface area (Å²) in [6.45, 7) is 0. The molecule has 0 radical (unpaired) electrons. The van der Waals surface area contributed by atoms with Gasteiger partial charge in [0.25, 0.3) is 0 Å². The van der Waals surface area contributed by atoms with E-state index in [4.69, 9.17) is 9.22 Å². The third kappa shape index (κ3) is 2.91. The topological polar surface area (TPSA) is 18.5 Å². The van der Waals surface area contributed by atoms with E-state index >= 15 is 0 Å². The lowest BCUT2D eigenvalue weighted by molar-refractivity contribution is -0.224. The molecular formula is C9H10O2S2. The lowest BCUT2D eigenvalue weighted by Crippen LogP contribution is -2.20. The third-order valence-corrected chi connectivity index (χ3v) is 3.41. The van der Waals surface area contributed by atoms with Gasteiger partial charge in [0.15, 0.2) is 0 Å². The molecule has 0 spiro atoms. The average molecular weight is 214 g/mol. The Morgan fingerprint density at radius 1 is 1.31 bits per heavy atom. The Kier molecular flexibility index (Phi) is 3.55. The highest BCUT2D eigenvalue weighted by atomic mass is 33.1. The van der Waals surface area contributed by atoms with Crippen LogP contribution in [0, 0.1) is 0 Å². The van der Waals surface area contributed by atoms with Crippen LogP contribution in [-0.4, -0.2) is 11.9 Å². The first-order chi connectivity index (χ1) is 6.45. The first kappa shape index (κ1) is 9.40. The molecule has 1 atom stereocenters. The predicted octanol–water partition coefficient (Wildman–Crippen LogP) is 2.86. The zero-order valence-corrected chi connectivity index (χ0v) is 8.64. The van der Waals surface area contributed by atoms with Crippen molar-refractivity contribution in [3.63, 3.8) is 0 Å². The van der Waals surface area contributed by atoms with Crippen molar-refractivity contribution in [3.05, 3.63) is 35.9 Å². The van der Waals surface area contributed by atoms with Crippen molar-refractivity contribution < 1.29 is 9.22 Å². The van der Waals surface area contributed by atoms with Crippen LogP contribution in [0.3, 0.4) is 0 Å². The van der Waals surface area contributed by atoms with Crippen LogP contribution in [0.2, 0.25) is 0 Å². The summed E-state index contributed by atoms with van der Waals surface area (Å²) in [6, 6.07) is 10.3. The van der Waals surface area contributed by atoms with Crippen LogP contribution in [-0.2, 0) is 15.6 Å². The summed E-state index contributed by atoms with van der Waals surface area (Å²) in [5, 5.41) is 0. The Balaban J connectivity index is 1.90. The largest absolute Gasteiger partial charge is 0.219 e. The number of benzene rings is 1. The highest BCUT2D eigenvalue weighted by molar-refractivity contribution is 8.74. The molecule has 4 heteroatoms. The summed E-state index contributed by atoms with van der Waals surface area (Å²) in [5.41, 5.74) is 1.30. The second-order valence-corrected chi connectivity index (χ2v) is 4.79. The van der Waals surface area contributed by atoms with Crippen molar-refractivity contribution in [1.29, 1.82) is 0 Å². The lowest BCUT2D eigenvalue weighted by Gasteiger charge is -2.18. The first-order valence-electron chi connectivity index (χ1n) is 4.11. The SMILES string of the molecule is c1ccc(CC2CSSOO2)cc1. The van der Waals surface area contributed by atoms with Crippen LogP contribution >= 0.6 is 21.9 Å². The molecule has 0 aromatic heterocycles.